The lowest BCUT2D eigenvalue weighted by Crippen LogP contribution is -2.38. The minimum atomic E-state index is -4.51. The predicted octanol–water partition coefficient (Wildman–Crippen LogP) is 4.41. The van der Waals surface area contributed by atoms with Gasteiger partial charge in [0.25, 0.3) is 0 Å². The highest BCUT2D eigenvalue weighted by Gasteiger charge is 2.36. The van der Waals surface area contributed by atoms with Gasteiger partial charge in [0.2, 0.25) is 0 Å². The van der Waals surface area contributed by atoms with Crippen molar-refractivity contribution in [2.24, 2.45) is 12.0 Å². The van der Waals surface area contributed by atoms with E-state index in [1.807, 2.05) is 50.2 Å². The number of hydrogen-bond donors (Lipinski definition) is 2. The fraction of sp³-hybridized carbons (Fsp3) is 0.333. The molecule has 3 rings (SSSR count). The van der Waals surface area contributed by atoms with Crippen molar-refractivity contribution in [2.75, 3.05) is 6.54 Å². The highest BCUT2D eigenvalue weighted by Crippen LogP contribution is 2.31. The summed E-state index contributed by atoms with van der Waals surface area (Å²) < 4.78 is 40.6. The number of guanidine groups is 1. The van der Waals surface area contributed by atoms with Crippen LogP contribution in [0.1, 0.15) is 36.7 Å². The molecule has 29 heavy (non-hydrogen) atoms. The number of alkyl halides is 3. The molecule has 0 saturated heterocycles. The summed E-state index contributed by atoms with van der Waals surface area (Å²) in [6.45, 7) is 4.37. The van der Waals surface area contributed by atoms with E-state index in [0.29, 0.717) is 12.5 Å². The number of halogens is 3. The number of fused-ring (bicyclic) bond motifs is 1. The number of rotatable bonds is 5. The normalized spacial score (nSPS) is 13.5. The molecule has 2 N–H and O–H groups in total. The molecule has 0 fully saturated rings. The summed E-state index contributed by atoms with van der Waals surface area (Å²) in [6.07, 6.45) is -3.15. The second-order valence-electron chi connectivity index (χ2n) is 6.80. The zero-order chi connectivity index (χ0) is 21.0. The molecule has 0 saturated carbocycles. The van der Waals surface area contributed by atoms with Gasteiger partial charge in [0, 0.05) is 25.4 Å². The average molecular weight is 403 g/mol. The van der Waals surface area contributed by atoms with Crippen LogP contribution in [-0.4, -0.2) is 22.3 Å². The Morgan fingerprint density at radius 1 is 1.17 bits per heavy atom. The molecule has 0 aliphatic carbocycles. The maximum Gasteiger partial charge on any atom is 0.435 e. The van der Waals surface area contributed by atoms with E-state index in [2.05, 4.69) is 26.8 Å². The Hall–Kier alpha value is -3.03. The minimum Gasteiger partial charge on any atom is -0.357 e. The Labute approximate surface area is 167 Å². The SMILES string of the molecule is CCNC(=NCc1cn(C)nc1C(F)(F)F)NC(C)c1cccc2ccccc12. The monoisotopic (exact) mass is 403 g/mol. The van der Waals surface area contributed by atoms with E-state index in [-0.39, 0.29) is 18.2 Å². The average Bonchev–Trinajstić information content (AvgIpc) is 3.07. The summed E-state index contributed by atoms with van der Waals surface area (Å²) in [5.74, 6) is 0.449. The summed E-state index contributed by atoms with van der Waals surface area (Å²) >= 11 is 0. The molecule has 3 aromatic rings. The van der Waals surface area contributed by atoms with E-state index in [0.717, 1.165) is 21.0 Å². The highest BCUT2D eigenvalue weighted by atomic mass is 19.4. The van der Waals surface area contributed by atoms with Crippen molar-refractivity contribution in [3.63, 3.8) is 0 Å². The molecule has 2 aromatic carbocycles. The number of nitrogens with zero attached hydrogens (tertiary/aromatic N) is 3. The lowest BCUT2D eigenvalue weighted by Gasteiger charge is -2.20. The van der Waals surface area contributed by atoms with E-state index in [1.54, 1.807) is 0 Å². The first kappa shape index (κ1) is 20.7. The van der Waals surface area contributed by atoms with Crippen LogP contribution in [0.3, 0.4) is 0 Å². The lowest BCUT2D eigenvalue weighted by molar-refractivity contribution is -0.142. The molecule has 1 atom stereocenters. The van der Waals surface area contributed by atoms with E-state index in [4.69, 9.17) is 0 Å². The third-order valence-electron chi connectivity index (χ3n) is 4.57. The first-order valence-corrected chi connectivity index (χ1v) is 9.41. The molecule has 8 heteroatoms. The molecule has 1 unspecified atom stereocenters. The zero-order valence-corrected chi connectivity index (χ0v) is 16.6. The molecular weight excluding hydrogens is 379 g/mol. The van der Waals surface area contributed by atoms with Gasteiger partial charge in [0.1, 0.15) is 0 Å². The van der Waals surface area contributed by atoms with Gasteiger partial charge in [-0.05, 0) is 30.2 Å². The summed E-state index contributed by atoms with van der Waals surface area (Å²) in [5.41, 5.74) is 0.225. The molecule has 0 bridgehead atoms. The second kappa shape index (κ2) is 8.55. The van der Waals surface area contributed by atoms with E-state index >= 15 is 0 Å². The standard InChI is InChI=1S/C21H24F3N5/c1-4-25-20(26-12-16-13-29(3)28-19(16)21(22,23)24)27-14(2)17-11-7-9-15-8-5-6-10-18(15)17/h5-11,13-14H,4,12H2,1-3H3,(H2,25,26,27). The summed E-state index contributed by atoms with van der Waals surface area (Å²) in [5, 5.41) is 12.2. The highest BCUT2D eigenvalue weighted by molar-refractivity contribution is 5.87. The van der Waals surface area contributed by atoms with Gasteiger partial charge in [-0.3, -0.25) is 4.68 Å². The van der Waals surface area contributed by atoms with Crippen LogP contribution in [0.2, 0.25) is 0 Å². The van der Waals surface area contributed by atoms with Gasteiger partial charge in [-0.15, -0.1) is 0 Å². The van der Waals surface area contributed by atoms with Crippen LogP contribution < -0.4 is 10.6 Å². The van der Waals surface area contributed by atoms with Crippen LogP contribution in [-0.2, 0) is 19.8 Å². The van der Waals surface area contributed by atoms with Crippen LogP contribution >= 0.6 is 0 Å². The molecular formula is C21H24F3N5. The lowest BCUT2D eigenvalue weighted by atomic mass is 10.00. The maximum absolute atomic E-state index is 13.2. The van der Waals surface area contributed by atoms with Crippen molar-refractivity contribution < 1.29 is 13.2 Å². The van der Waals surface area contributed by atoms with Gasteiger partial charge in [-0.25, -0.2) is 4.99 Å². The Morgan fingerprint density at radius 3 is 2.62 bits per heavy atom. The molecule has 0 aliphatic heterocycles. The molecule has 0 amide bonds. The number of aliphatic imine (C=N–C) groups is 1. The molecule has 1 aromatic heterocycles. The second-order valence-corrected chi connectivity index (χ2v) is 6.80. The van der Waals surface area contributed by atoms with Crippen LogP contribution in [0, 0.1) is 0 Å². The third-order valence-corrected chi connectivity index (χ3v) is 4.57. The first-order valence-electron chi connectivity index (χ1n) is 9.41. The van der Waals surface area contributed by atoms with E-state index in [1.165, 1.54) is 13.2 Å². The van der Waals surface area contributed by atoms with Gasteiger partial charge in [0.05, 0.1) is 12.6 Å². The number of nitrogens with one attached hydrogen (secondary N) is 2. The molecule has 0 aliphatic rings. The van der Waals surface area contributed by atoms with Crippen molar-refractivity contribution >= 4 is 16.7 Å². The maximum atomic E-state index is 13.2. The zero-order valence-electron chi connectivity index (χ0n) is 16.6. The molecule has 154 valence electrons. The quantitative estimate of drug-likeness (QED) is 0.490. The van der Waals surface area contributed by atoms with E-state index in [9.17, 15) is 13.2 Å². The van der Waals surface area contributed by atoms with Crippen molar-refractivity contribution in [2.45, 2.75) is 32.6 Å². The summed E-state index contributed by atoms with van der Waals surface area (Å²) in [4.78, 5) is 4.36. The number of benzene rings is 2. The number of aromatic nitrogens is 2. The van der Waals surface area contributed by atoms with Crippen LogP contribution in [0.5, 0.6) is 0 Å². The van der Waals surface area contributed by atoms with Crippen LogP contribution in [0.25, 0.3) is 10.8 Å². The van der Waals surface area contributed by atoms with Crippen LogP contribution in [0.15, 0.2) is 53.7 Å². The third kappa shape index (κ3) is 4.88. The molecule has 1 heterocycles. The fourth-order valence-electron chi connectivity index (χ4n) is 3.29. The molecule has 5 nitrogen and oxygen atoms in total. The summed E-state index contributed by atoms with van der Waals surface area (Å²) in [6, 6.07) is 14.1. The van der Waals surface area contributed by atoms with Gasteiger partial charge in [0.15, 0.2) is 11.7 Å². The largest absolute Gasteiger partial charge is 0.435 e. The van der Waals surface area contributed by atoms with Crippen molar-refractivity contribution in [1.29, 1.82) is 0 Å². The molecule has 0 radical (unpaired) electrons. The van der Waals surface area contributed by atoms with Crippen molar-refractivity contribution in [3.8, 4) is 0 Å². The Balaban J connectivity index is 1.83. The van der Waals surface area contributed by atoms with Gasteiger partial charge in [-0.1, -0.05) is 42.5 Å². The topological polar surface area (TPSA) is 54.2 Å². The fourth-order valence-corrected chi connectivity index (χ4v) is 3.29. The summed E-state index contributed by atoms with van der Waals surface area (Å²) in [7, 11) is 1.47. The Bertz CT molecular complexity index is 1000. The van der Waals surface area contributed by atoms with Gasteiger partial charge in [-0.2, -0.15) is 18.3 Å². The van der Waals surface area contributed by atoms with Gasteiger partial charge >= 0.3 is 6.18 Å². The first-order chi connectivity index (χ1) is 13.8. The predicted molar refractivity (Wildman–Crippen MR) is 109 cm³/mol. The minimum absolute atomic E-state index is 0.0371. The van der Waals surface area contributed by atoms with Crippen LogP contribution in [0.4, 0.5) is 13.2 Å². The smallest absolute Gasteiger partial charge is 0.357 e. The van der Waals surface area contributed by atoms with E-state index < -0.39 is 11.9 Å². The van der Waals surface area contributed by atoms with Gasteiger partial charge < -0.3 is 10.6 Å². The number of hydrogen-bond acceptors (Lipinski definition) is 2. The van der Waals surface area contributed by atoms with Crippen molar-refractivity contribution in [3.05, 3.63) is 65.5 Å². The van der Waals surface area contributed by atoms with Crippen molar-refractivity contribution in [1.82, 2.24) is 20.4 Å². The Morgan fingerprint density at radius 2 is 1.90 bits per heavy atom. The molecule has 0 spiro atoms. The number of aryl methyl sites for hydroxylation is 1. The Kier molecular flexibility index (Phi) is 6.10.